The maximum Gasteiger partial charge on any atom is 0.247 e. The fourth-order valence-electron chi connectivity index (χ4n) is 2.69. The fraction of sp³-hybridized carbons (Fsp3) is 0.286. The van der Waals surface area contributed by atoms with Crippen LogP contribution in [-0.2, 0) is 11.3 Å². The number of ether oxygens (including phenoxy) is 2. The molecule has 1 amide bonds. The Labute approximate surface area is 168 Å². The van der Waals surface area contributed by atoms with Crippen molar-refractivity contribution in [2.75, 3.05) is 13.7 Å². The molecule has 6 heteroatoms. The van der Waals surface area contributed by atoms with Gasteiger partial charge in [0, 0.05) is 28.6 Å². The lowest BCUT2D eigenvalue weighted by molar-refractivity contribution is -0.127. The largest absolute Gasteiger partial charge is 0.493 e. The molecule has 27 heavy (non-hydrogen) atoms. The highest BCUT2D eigenvalue weighted by molar-refractivity contribution is 7.10. The molecule has 0 aliphatic heterocycles. The molecule has 142 valence electrons. The number of amides is 1. The highest BCUT2D eigenvalue weighted by Crippen LogP contribution is 2.32. The molecule has 0 spiro atoms. The summed E-state index contributed by atoms with van der Waals surface area (Å²) in [6.45, 7) is 4.37. The number of hydrogen-bond donors (Lipinski definition) is 0. The summed E-state index contributed by atoms with van der Waals surface area (Å²) in [5.74, 6) is 1.24. The van der Waals surface area contributed by atoms with Gasteiger partial charge in [0.2, 0.25) is 5.91 Å². The van der Waals surface area contributed by atoms with Crippen LogP contribution in [0.2, 0.25) is 0 Å². The minimum absolute atomic E-state index is 0.0262. The summed E-state index contributed by atoms with van der Waals surface area (Å²) < 4.78 is 11.0. The Morgan fingerprint density at radius 3 is 2.81 bits per heavy atom. The van der Waals surface area contributed by atoms with Gasteiger partial charge in [-0.25, -0.2) is 0 Å². The fourth-order valence-corrected chi connectivity index (χ4v) is 3.37. The van der Waals surface area contributed by atoms with Crippen LogP contribution < -0.4 is 9.47 Å². The van der Waals surface area contributed by atoms with Crippen molar-refractivity contribution in [1.82, 2.24) is 4.90 Å². The Morgan fingerprint density at radius 1 is 1.37 bits per heavy atom. The molecule has 1 saturated carbocycles. The molecule has 0 saturated heterocycles. The zero-order valence-electron chi connectivity index (χ0n) is 15.2. The minimum Gasteiger partial charge on any atom is -0.493 e. The Hall–Kier alpha value is -2.24. The molecule has 1 fully saturated rings. The van der Waals surface area contributed by atoms with Crippen molar-refractivity contribution in [2.24, 2.45) is 0 Å². The standard InChI is InChI=1S/C21H22ClNO3S/c1-15(22)14-26-20-12-16(5-9-19(20)25-2)13-23(17-6-7-17)21(24)10-8-18-4-3-11-27-18/h3-5,8-12,17H,1,6-7,13-14H2,2H3. The van der Waals surface area contributed by atoms with Gasteiger partial charge in [-0.2, -0.15) is 0 Å². The second kappa shape index (κ2) is 9.11. The first-order chi connectivity index (χ1) is 13.1. The van der Waals surface area contributed by atoms with Crippen molar-refractivity contribution in [3.63, 3.8) is 0 Å². The maximum absolute atomic E-state index is 12.7. The summed E-state index contributed by atoms with van der Waals surface area (Å²) in [5.41, 5.74) is 0.982. The second-order valence-electron chi connectivity index (χ2n) is 6.34. The van der Waals surface area contributed by atoms with Crippen molar-refractivity contribution < 1.29 is 14.3 Å². The van der Waals surface area contributed by atoms with E-state index in [0.717, 1.165) is 23.3 Å². The molecule has 0 atom stereocenters. The van der Waals surface area contributed by atoms with E-state index in [4.69, 9.17) is 21.1 Å². The van der Waals surface area contributed by atoms with Gasteiger partial charge in [0.1, 0.15) is 6.61 Å². The van der Waals surface area contributed by atoms with Gasteiger partial charge >= 0.3 is 0 Å². The third-order valence-corrected chi connectivity index (χ3v) is 5.12. The average molecular weight is 404 g/mol. The summed E-state index contributed by atoms with van der Waals surface area (Å²) in [6.07, 6.45) is 5.62. The predicted octanol–water partition coefficient (Wildman–Crippen LogP) is 5.09. The number of halogens is 1. The Balaban J connectivity index is 1.73. The monoisotopic (exact) mass is 403 g/mol. The van der Waals surface area contributed by atoms with Gasteiger partial charge in [0.05, 0.1) is 7.11 Å². The summed E-state index contributed by atoms with van der Waals surface area (Å²) >= 11 is 7.41. The molecule has 3 rings (SSSR count). The zero-order chi connectivity index (χ0) is 19.2. The predicted molar refractivity (Wildman–Crippen MR) is 110 cm³/mol. The van der Waals surface area contributed by atoms with Crippen LogP contribution in [0.3, 0.4) is 0 Å². The van der Waals surface area contributed by atoms with Gasteiger partial charge in [-0.15, -0.1) is 11.3 Å². The van der Waals surface area contributed by atoms with Crippen LogP contribution in [0.1, 0.15) is 23.3 Å². The van der Waals surface area contributed by atoms with Crippen LogP contribution in [-0.4, -0.2) is 30.6 Å². The summed E-state index contributed by atoms with van der Waals surface area (Å²) in [7, 11) is 1.59. The van der Waals surface area contributed by atoms with Gasteiger partial charge in [-0.1, -0.05) is 30.3 Å². The van der Waals surface area contributed by atoms with Gasteiger partial charge < -0.3 is 14.4 Å². The first-order valence-electron chi connectivity index (χ1n) is 8.72. The third kappa shape index (κ3) is 5.62. The van der Waals surface area contributed by atoms with E-state index >= 15 is 0 Å². The SMILES string of the molecule is C=C(Cl)COc1cc(CN(C(=O)C=Cc2cccs2)C2CC2)ccc1OC. The number of hydrogen-bond acceptors (Lipinski definition) is 4. The van der Waals surface area contributed by atoms with Crippen LogP contribution in [0, 0.1) is 0 Å². The molecular formula is C21H22ClNO3S. The van der Waals surface area contributed by atoms with Crippen molar-refractivity contribution >= 4 is 34.9 Å². The number of thiophene rings is 1. The van der Waals surface area contributed by atoms with Crippen LogP contribution in [0.4, 0.5) is 0 Å². The Morgan fingerprint density at radius 2 is 2.19 bits per heavy atom. The molecule has 0 N–H and O–H groups in total. The highest BCUT2D eigenvalue weighted by atomic mass is 35.5. The van der Waals surface area contributed by atoms with E-state index in [1.807, 2.05) is 46.7 Å². The molecule has 0 bridgehead atoms. The van der Waals surface area contributed by atoms with Gasteiger partial charge in [0.15, 0.2) is 11.5 Å². The summed E-state index contributed by atoms with van der Waals surface area (Å²) in [5, 5.41) is 2.41. The molecule has 1 heterocycles. The number of carbonyl (C=O) groups excluding carboxylic acids is 1. The molecule has 4 nitrogen and oxygen atoms in total. The van der Waals surface area contributed by atoms with E-state index in [-0.39, 0.29) is 12.5 Å². The van der Waals surface area contributed by atoms with Gasteiger partial charge in [-0.3, -0.25) is 4.79 Å². The van der Waals surface area contributed by atoms with E-state index in [1.165, 1.54) is 0 Å². The van der Waals surface area contributed by atoms with Crippen molar-refractivity contribution in [2.45, 2.75) is 25.4 Å². The highest BCUT2D eigenvalue weighted by Gasteiger charge is 2.31. The Bertz CT molecular complexity index is 828. The quantitative estimate of drug-likeness (QED) is 0.547. The molecule has 0 radical (unpaired) electrons. The van der Waals surface area contributed by atoms with Gasteiger partial charge in [0.25, 0.3) is 0 Å². The smallest absolute Gasteiger partial charge is 0.247 e. The van der Waals surface area contributed by atoms with E-state index in [1.54, 1.807) is 24.5 Å². The van der Waals surface area contributed by atoms with Crippen LogP contribution in [0.15, 0.2) is 53.4 Å². The first-order valence-corrected chi connectivity index (χ1v) is 9.97. The lowest BCUT2D eigenvalue weighted by Crippen LogP contribution is -2.31. The Kier molecular flexibility index (Phi) is 6.58. The third-order valence-electron chi connectivity index (χ3n) is 4.17. The number of rotatable bonds is 9. The van der Waals surface area contributed by atoms with E-state index < -0.39 is 0 Å². The summed E-state index contributed by atoms with van der Waals surface area (Å²) in [6, 6.07) is 9.96. The topological polar surface area (TPSA) is 38.8 Å². The molecule has 0 unspecified atom stereocenters. The van der Waals surface area contributed by atoms with Crippen molar-refractivity contribution in [3.05, 3.63) is 63.8 Å². The molecule has 2 aromatic rings. The van der Waals surface area contributed by atoms with Crippen molar-refractivity contribution in [3.8, 4) is 11.5 Å². The average Bonchev–Trinajstić information content (AvgIpc) is 3.37. The molecule has 1 aromatic heterocycles. The lowest BCUT2D eigenvalue weighted by Gasteiger charge is -2.22. The van der Waals surface area contributed by atoms with Crippen LogP contribution in [0.25, 0.3) is 6.08 Å². The molecule has 1 aliphatic carbocycles. The molecular weight excluding hydrogens is 382 g/mol. The molecule has 1 aliphatic rings. The minimum atomic E-state index is 0.0262. The number of carbonyl (C=O) groups is 1. The van der Waals surface area contributed by atoms with Gasteiger partial charge in [-0.05, 0) is 48.1 Å². The van der Waals surface area contributed by atoms with E-state index in [0.29, 0.717) is 29.1 Å². The number of nitrogens with zero attached hydrogens (tertiary/aromatic N) is 1. The van der Waals surface area contributed by atoms with E-state index in [9.17, 15) is 4.79 Å². The zero-order valence-corrected chi connectivity index (χ0v) is 16.8. The maximum atomic E-state index is 12.7. The molecule has 1 aromatic carbocycles. The lowest BCUT2D eigenvalue weighted by atomic mass is 10.1. The number of methoxy groups -OCH3 is 1. The van der Waals surface area contributed by atoms with Crippen molar-refractivity contribution in [1.29, 1.82) is 0 Å². The van der Waals surface area contributed by atoms with Crippen LogP contribution in [0.5, 0.6) is 11.5 Å². The summed E-state index contributed by atoms with van der Waals surface area (Å²) in [4.78, 5) is 15.7. The first kappa shape index (κ1) is 19.5. The van der Waals surface area contributed by atoms with Crippen LogP contribution >= 0.6 is 22.9 Å². The second-order valence-corrected chi connectivity index (χ2v) is 7.85. The normalized spacial score (nSPS) is 13.6. The number of benzene rings is 1. The van der Waals surface area contributed by atoms with E-state index in [2.05, 4.69) is 6.58 Å².